The molecule has 0 atom stereocenters. The summed E-state index contributed by atoms with van der Waals surface area (Å²) in [6.45, 7) is 4.21. The number of imidazole rings is 1. The standard InChI is InChI=1S/C14H26N4/c1-10(2)14-17-12(13(15)18(14)16)11-8-6-4-3-5-7-9-11/h10-11H,3-9,15-16H2,1-2H3. The molecule has 0 bridgehead atoms. The van der Waals surface area contributed by atoms with Gasteiger partial charge in [0.15, 0.2) is 0 Å². The minimum Gasteiger partial charge on any atom is -0.382 e. The number of anilines is 1. The molecule has 0 spiro atoms. The summed E-state index contributed by atoms with van der Waals surface area (Å²) in [7, 11) is 0. The van der Waals surface area contributed by atoms with Gasteiger partial charge >= 0.3 is 0 Å². The third-order valence-corrected chi connectivity index (χ3v) is 4.01. The molecule has 2 rings (SSSR count). The molecule has 1 saturated carbocycles. The highest BCUT2D eigenvalue weighted by Gasteiger charge is 2.23. The van der Waals surface area contributed by atoms with Crippen molar-refractivity contribution in [2.24, 2.45) is 0 Å². The Morgan fingerprint density at radius 1 is 1.11 bits per heavy atom. The van der Waals surface area contributed by atoms with Gasteiger partial charge in [-0.05, 0) is 12.8 Å². The molecule has 1 fully saturated rings. The largest absolute Gasteiger partial charge is 0.382 e. The van der Waals surface area contributed by atoms with Crippen LogP contribution in [0.2, 0.25) is 0 Å². The molecule has 4 nitrogen and oxygen atoms in total. The number of rotatable bonds is 2. The van der Waals surface area contributed by atoms with Crippen LogP contribution in [0, 0.1) is 0 Å². The Labute approximate surface area is 110 Å². The minimum absolute atomic E-state index is 0.319. The van der Waals surface area contributed by atoms with E-state index in [4.69, 9.17) is 16.6 Å². The van der Waals surface area contributed by atoms with Gasteiger partial charge in [0.1, 0.15) is 11.6 Å². The Morgan fingerprint density at radius 2 is 1.67 bits per heavy atom. The molecule has 1 heterocycles. The van der Waals surface area contributed by atoms with Crippen molar-refractivity contribution in [3.8, 4) is 0 Å². The second-order valence-electron chi connectivity index (χ2n) is 5.81. The fraction of sp³-hybridized carbons (Fsp3) is 0.786. The first-order valence-corrected chi connectivity index (χ1v) is 7.24. The molecule has 0 saturated heterocycles. The molecule has 0 unspecified atom stereocenters. The normalized spacial score (nSPS) is 18.8. The molecule has 0 radical (unpaired) electrons. The van der Waals surface area contributed by atoms with Crippen LogP contribution in [-0.2, 0) is 0 Å². The van der Waals surface area contributed by atoms with Crippen LogP contribution in [-0.4, -0.2) is 9.66 Å². The van der Waals surface area contributed by atoms with E-state index in [0.29, 0.717) is 17.7 Å². The van der Waals surface area contributed by atoms with E-state index in [1.54, 1.807) is 4.68 Å². The number of hydrogen-bond donors (Lipinski definition) is 2. The lowest BCUT2D eigenvalue weighted by Crippen LogP contribution is -2.16. The van der Waals surface area contributed by atoms with Crippen molar-refractivity contribution >= 4 is 5.82 Å². The predicted octanol–water partition coefficient (Wildman–Crippen LogP) is 3.13. The molecule has 0 amide bonds. The van der Waals surface area contributed by atoms with Gasteiger partial charge in [-0.2, -0.15) is 0 Å². The maximum Gasteiger partial charge on any atom is 0.146 e. The zero-order valence-electron chi connectivity index (χ0n) is 11.7. The third kappa shape index (κ3) is 2.62. The van der Waals surface area contributed by atoms with Crippen LogP contribution in [0.4, 0.5) is 5.82 Å². The number of nitrogens with zero attached hydrogens (tertiary/aromatic N) is 2. The first kappa shape index (κ1) is 13.2. The van der Waals surface area contributed by atoms with Gasteiger partial charge in [-0.15, -0.1) is 0 Å². The van der Waals surface area contributed by atoms with Gasteiger partial charge in [0, 0.05) is 11.8 Å². The Bertz CT molecular complexity index is 387. The fourth-order valence-electron chi connectivity index (χ4n) is 2.92. The smallest absolute Gasteiger partial charge is 0.146 e. The van der Waals surface area contributed by atoms with E-state index in [1.807, 2.05) is 0 Å². The lowest BCUT2D eigenvalue weighted by atomic mass is 9.89. The highest BCUT2D eigenvalue weighted by Crippen LogP contribution is 2.34. The van der Waals surface area contributed by atoms with Crippen LogP contribution in [0.15, 0.2) is 0 Å². The topological polar surface area (TPSA) is 69.9 Å². The average molecular weight is 250 g/mol. The molecule has 1 aromatic heterocycles. The Balaban J connectivity index is 2.23. The fourth-order valence-corrected chi connectivity index (χ4v) is 2.92. The summed E-state index contributed by atoms with van der Waals surface area (Å²) in [4.78, 5) is 4.72. The van der Waals surface area contributed by atoms with Gasteiger partial charge in [-0.1, -0.05) is 46.0 Å². The number of nitrogen functional groups attached to an aromatic ring is 2. The SMILES string of the molecule is CC(C)c1nc(C2CCCCCCC2)c(N)n1N. The number of hydrogen-bond acceptors (Lipinski definition) is 3. The van der Waals surface area contributed by atoms with E-state index in [0.717, 1.165) is 11.5 Å². The number of nitrogens with two attached hydrogens (primary N) is 2. The van der Waals surface area contributed by atoms with Gasteiger partial charge < -0.3 is 11.6 Å². The van der Waals surface area contributed by atoms with Crippen molar-refractivity contribution in [2.75, 3.05) is 11.6 Å². The summed E-state index contributed by atoms with van der Waals surface area (Å²) in [6, 6.07) is 0. The second kappa shape index (κ2) is 5.63. The summed E-state index contributed by atoms with van der Waals surface area (Å²) in [6.07, 6.45) is 9.06. The highest BCUT2D eigenvalue weighted by atomic mass is 15.4. The van der Waals surface area contributed by atoms with Crippen LogP contribution < -0.4 is 11.6 Å². The molecular formula is C14H26N4. The molecule has 18 heavy (non-hydrogen) atoms. The molecule has 1 aromatic rings. The Morgan fingerprint density at radius 3 is 2.17 bits per heavy atom. The molecule has 102 valence electrons. The maximum absolute atomic E-state index is 6.14. The van der Waals surface area contributed by atoms with Crippen molar-refractivity contribution in [3.63, 3.8) is 0 Å². The van der Waals surface area contributed by atoms with E-state index >= 15 is 0 Å². The third-order valence-electron chi connectivity index (χ3n) is 4.01. The molecule has 1 aliphatic rings. The highest BCUT2D eigenvalue weighted by molar-refractivity contribution is 5.41. The summed E-state index contributed by atoms with van der Waals surface area (Å²) in [5.41, 5.74) is 7.18. The lowest BCUT2D eigenvalue weighted by molar-refractivity contribution is 0.450. The van der Waals surface area contributed by atoms with Gasteiger partial charge in [-0.25, -0.2) is 9.66 Å². The number of aromatic nitrogens is 2. The summed E-state index contributed by atoms with van der Waals surface area (Å²) in [5, 5.41) is 0. The van der Waals surface area contributed by atoms with E-state index in [9.17, 15) is 0 Å². The summed E-state index contributed by atoms with van der Waals surface area (Å²) < 4.78 is 1.58. The molecule has 0 aromatic carbocycles. The lowest BCUT2D eigenvalue weighted by Gasteiger charge is -2.18. The zero-order valence-corrected chi connectivity index (χ0v) is 11.7. The van der Waals surface area contributed by atoms with Gasteiger partial charge in [-0.3, -0.25) is 0 Å². The average Bonchev–Trinajstić information content (AvgIpc) is 2.57. The van der Waals surface area contributed by atoms with Gasteiger partial charge in [0.05, 0.1) is 5.69 Å². The quantitative estimate of drug-likeness (QED) is 0.792. The van der Waals surface area contributed by atoms with Crippen molar-refractivity contribution in [1.29, 1.82) is 0 Å². The van der Waals surface area contributed by atoms with E-state index in [2.05, 4.69) is 13.8 Å². The monoisotopic (exact) mass is 250 g/mol. The maximum atomic E-state index is 6.14. The van der Waals surface area contributed by atoms with E-state index < -0.39 is 0 Å². The van der Waals surface area contributed by atoms with Crippen LogP contribution in [0.25, 0.3) is 0 Å². The predicted molar refractivity (Wildman–Crippen MR) is 75.9 cm³/mol. The van der Waals surface area contributed by atoms with Crippen LogP contribution in [0.5, 0.6) is 0 Å². The van der Waals surface area contributed by atoms with Crippen molar-refractivity contribution in [2.45, 2.75) is 70.6 Å². The summed E-state index contributed by atoms with van der Waals surface area (Å²) in [5.74, 6) is 8.41. The Kier molecular flexibility index (Phi) is 4.15. The molecule has 4 heteroatoms. The van der Waals surface area contributed by atoms with E-state index in [1.165, 1.54) is 44.9 Å². The van der Waals surface area contributed by atoms with Gasteiger partial charge in [0.25, 0.3) is 0 Å². The van der Waals surface area contributed by atoms with Crippen molar-refractivity contribution < 1.29 is 0 Å². The zero-order chi connectivity index (χ0) is 13.1. The second-order valence-corrected chi connectivity index (χ2v) is 5.81. The first-order valence-electron chi connectivity index (χ1n) is 7.24. The summed E-state index contributed by atoms with van der Waals surface area (Å²) >= 11 is 0. The van der Waals surface area contributed by atoms with E-state index in [-0.39, 0.29) is 0 Å². The molecule has 1 aliphatic carbocycles. The molecule has 0 aliphatic heterocycles. The minimum atomic E-state index is 0.319. The van der Waals surface area contributed by atoms with Crippen LogP contribution in [0.3, 0.4) is 0 Å². The van der Waals surface area contributed by atoms with Crippen LogP contribution in [0.1, 0.15) is 82.1 Å². The van der Waals surface area contributed by atoms with Crippen LogP contribution >= 0.6 is 0 Å². The molecule has 4 N–H and O–H groups in total. The first-order chi connectivity index (χ1) is 8.61. The molecular weight excluding hydrogens is 224 g/mol. The van der Waals surface area contributed by atoms with Gasteiger partial charge in [0.2, 0.25) is 0 Å². The Hall–Kier alpha value is -1.19. The van der Waals surface area contributed by atoms with Crippen molar-refractivity contribution in [3.05, 3.63) is 11.5 Å². The van der Waals surface area contributed by atoms with Crippen molar-refractivity contribution in [1.82, 2.24) is 9.66 Å².